The highest BCUT2D eigenvalue weighted by Gasteiger charge is 2.35. The van der Waals surface area contributed by atoms with Crippen LogP contribution in [0.25, 0.3) is 0 Å². The molecule has 0 heterocycles. The Labute approximate surface area is 119 Å². The van der Waals surface area contributed by atoms with Gasteiger partial charge < -0.3 is 10.2 Å². The van der Waals surface area contributed by atoms with Gasteiger partial charge in [0.15, 0.2) is 0 Å². The number of hydrogen-bond donors (Lipinski definition) is 1. The highest BCUT2D eigenvalue weighted by molar-refractivity contribution is 5.06. The Morgan fingerprint density at radius 2 is 2.00 bits per heavy atom. The average molecular weight is 264 g/mol. The molecule has 2 aliphatic carbocycles. The molecule has 2 heteroatoms. The molecular weight excluding hydrogens is 232 g/mol. The molecule has 0 saturated heterocycles. The molecule has 19 heavy (non-hydrogen) atoms. The van der Waals surface area contributed by atoms with Gasteiger partial charge in [-0.2, -0.15) is 0 Å². The molecule has 1 fully saturated rings. The van der Waals surface area contributed by atoms with Gasteiger partial charge in [-0.05, 0) is 65.1 Å². The summed E-state index contributed by atoms with van der Waals surface area (Å²) in [5.74, 6) is 1.62. The molecule has 0 bridgehead atoms. The Bertz CT molecular complexity index is 313. The van der Waals surface area contributed by atoms with Gasteiger partial charge in [0, 0.05) is 12.1 Å². The van der Waals surface area contributed by atoms with E-state index in [0.29, 0.717) is 5.54 Å². The Hall–Kier alpha value is -0.340. The first-order valence-electron chi connectivity index (χ1n) is 8.07. The number of nitrogens with one attached hydrogen (secondary N) is 1. The minimum atomic E-state index is 0.436. The predicted molar refractivity (Wildman–Crippen MR) is 83.4 cm³/mol. The molecular formula is C17H32N2. The first kappa shape index (κ1) is 15.1. The van der Waals surface area contributed by atoms with Gasteiger partial charge >= 0.3 is 0 Å². The van der Waals surface area contributed by atoms with E-state index in [9.17, 15) is 0 Å². The molecule has 2 rings (SSSR count). The zero-order valence-corrected chi connectivity index (χ0v) is 13.3. The second-order valence-electron chi connectivity index (χ2n) is 7.25. The van der Waals surface area contributed by atoms with Crippen LogP contribution in [-0.4, -0.2) is 37.6 Å². The molecule has 2 nitrogen and oxygen atoms in total. The lowest BCUT2D eigenvalue weighted by molar-refractivity contribution is 0.151. The maximum atomic E-state index is 3.79. The van der Waals surface area contributed by atoms with Crippen LogP contribution in [0.5, 0.6) is 0 Å². The lowest BCUT2D eigenvalue weighted by Gasteiger charge is -2.37. The summed E-state index contributed by atoms with van der Waals surface area (Å²) >= 11 is 0. The Morgan fingerprint density at radius 3 is 2.58 bits per heavy atom. The van der Waals surface area contributed by atoms with Crippen LogP contribution in [0.2, 0.25) is 0 Å². The summed E-state index contributed by atoms with van der Waals surface area (Å²) in [6, 6.07) is 0. The Morgan fingerprint density at radius 1 is 1.32 bits per heavy atom. The van der Waals surface area contributed by atoms with Crippen LogP contribution in [0.4, 0.5) is 0 Å². The van der Waals surface area contributed by atoms with Crippen LogP contribution in [0, 0.1) is 11.8 Å². The van der Waals surface area contributed by atoms with E-state index in [4.69, 9.17) is 0 Å². The lowest BCUT2D eigenvalue weighted by atomic mass is 9.83. The van der Waals surface area contributed by atoms with Gasteiger partial charge in [-0.25, -0.2) is 0 Å². The standard InChI is InChI=1S/C17H32N2/c1-14-9-15(2)11-16(10-14)12-18-13-17(19(3)4)7-5-6-8-17/h9,14,16,18H,5-8,10-13H2,1-4H3. The lowest BCUT2D eigenvalue weighted by Crippen LogP contribution is -2.50. The van der Waals surface area contributed by atoms with Crippen LogP contribution in [0.1, 0.15) is 52.4 Å². The van der Waals surface area contributed by atoms with E-state index in [-0.39, 0.29) is 0 Å². The summed E-state index contributed by atoms with van der Waals surface area (Å²) in [7, 11) is 4.51. The summed E-state index contributed by atoms with van der Waals surface area (Å²) < 4.78 is 0. The maximum absolute atomic E-state index is 3.79. The highest BCUT2D eigenvalue weighted by atomic mass is 15.2. The van der Waals surface area contributed by atoms with Crippen LogP contribution < -0.4 is 5.32 Å². The number of rotatable bonds is 5. The zero-order chi connectivity index (χ0) is 13.9. The molecule has 0 aromatic rings. The van der Waals surface area contributed by atoms with Crippen molar-refractivity contribution in [3.63, 3.8) is 0 Å². The summed E-state index contributed by atoms with van der Waals surface area (Å²) in [5.41, 5.74) is 2.03. The minimum absolute atomic E-state index is 0.436. The van der Waals surface area contributed by atoms with Crippen molar-refractivity contribution in [1.29, 1.82) is 0 Å². The second-order valence-corrected chi connectivity index (χ2v) is 7.25. The van der Waals surface area contributed by atoms with E-state index >= 15 is 0 Å². The molecule has 110 valence electrons. The molecule has 0 radical (unpaired) electrons. The molecule has 0 spiro atoms. The van der Waals surface area contributed by atoms with E-state index < -0.39 is 0 Å². The van der Waals surface area contributed by atoms with Crippen LogP contribution in [0.15, 0.2) is 11.6 Å². The van der Waals surface area contributed by atoms with Gasteiger partial charge in [0.05, 0.1) is 0 Å². The van der Waals surface area contributed by atoms with E-state index in [1.165, 1.54) is 51.6 Å². The molecule has 2 aliphatic rings. The molecule has 1 saturated carbocycles. The van der Waals surface area contributed by atoms with Crippen molar-refractivity contribution in [1.82, 2.24) is 10.2 Å². The summed E-state index contributed by atoms with van der Waals surface area (Å²) in [6.07, 6.45) is 10.7. The quantitative estimate of drug-likeness (QED) is 0.765. The van der Waals surface area contributed by atoms with E-state index in [1.807, 2.05) is 0 Å². The topological polar surface area (TPSA) is 15.3 Å². The molecule has 0 amide bonds. The van der Waals surface area contributed by atoms with E-state index in [2.05, 4.69) is 44.2 Å². The fourth-order valence-electron chi connectivity index (χ4n) is 4.17. The van der Waals surface area contributed by atoms with Crippen molar-refractivity contribution in [2.75, 3.05) is 27.2 Å². The first-order valence-corrected chi connectivity index (χ1v) is 8.07. The van der Waals surface area contributed by atoms with Gasteiger partial charge in [-0.3, -0.25) is 0 Å². The molecule has 0 aliphatic heterocycles. The second kappa shape index (κ2) is 6.41. The van der Waals surface area contributed by atoms with Crippen molar-refractivity contribution in [2.45, 2.75) is 57.9 Å². The third-order valence-electron chi connectivity index (χ3n) is 5.25. The number of hydrogen-bond acceptors (Lipinski definition) is 2. The fraction of sp³-hybridized carbons (Fsp3) is 0.882. The van der Waals surface area contributed by atoms with Gasteiger partial charge in [-0.15, -0.1) is 0 Å². The first-order chi connectivity index (χ1) is 9.02. The normalized spacial score (nSPS) is 30.7. The fourth-order valence-corrected chi connectivity index (χ4v) is 4.17. The van der Waals surface area contributed by atoms with Crippen molar-refractivity contribution >= 4 is 0 Å². The monoisotopic (exact) mass is 264 g/mol. The average Bonchev–Trinajstić information content (AvgIpc) is 2.77. The van der Waals surface area contributed by atoms with Gasteiger partial charge in [-0.1, -0.05) is 31.4 Å². The van der Waals surface area contributed by atoms with Gasteiger partial charge in [0.1, 0.15) is 0 Å². The number of likely N-dealkylation sites (N-methyl/N-ethyl adjacent to an activating group) is 1. The third kappa shape index (κ3) is 3.82. The summed E-state index contributed by atoms with van der Waals surface area (Å²) in [4.78, 5) is 2.46. The predicted octanol–water partition coefficient (Wildman–Crippen LogP) is 3.44. The molecule has 1 N–H and O–H groups in total. The van der Waals surface area contributed by atoms with Crippen LogP contribution >= 0.6 is 0 Å². The van der Waals surface area contributed by atoms with Crippen LogP contribution in [0.3, 0.4) is 0 Å². The number of nitrogens with zero attached hydrogens (tertiary/aromatic N) is 1. The van der Waals surface area contributed by atoms with E-state index in [0.717, 1.165) is 11.8 Å². The maximum Gasteiger partial charge on any atom is 0.0327 e. The Kier molecular flexibility index (Phi) is 5.08. The zero-order valence-electron chi connectivity index (χ0n) is 13.3. The van der Waals surface area contributed by atoms with Crippen molar-refractivity contribution in [3.8, 4) is 0 Å². The summed E-state index contributed by atoms with van der Waals surface area (Å²) in [5, 5.41) is 3.79. The van der Waals surface area contributed by atoms with Crippen molar-refractivity contribution < 1.29 is 0 Å². The van der Waals surface area contributed by atoms with Crippen molar-refractivity contribution in [2.24, 2.45) is 11.8 Å². The molecule has 2 atom stereocenters. The minimum Gasteiger partial charge on any atom is -0.315 e. The van der Waals surface area contributed by atoms with E-state index in [1.54, 1.807) is 5.57 Å². The largest absolute Gasteiger partial charge is 0.315 e. The van der Waals surface area contributed by atoms with Gasteiger partial charge in [0.2, 0.25) is 0 Å². The molecule has 0 aromatic carbocycles. The third-order valence-corrected chi connectivity index (χ3v) is 5.25. The smallest absolute Gasteiger partial charge is 0.0327 e. The molecule has 2 unspecified atom stereocenters. The highest BCUT2D eigenvalue weighted by Crippen LogP contribution is 2.33. The van der Waals surface area contributed by atoms with Gasteiger partial charge in [0.25, 0.3) is 0 Å². The van der Waals surface area contributed by atoms with Crippen LogP contribution in [-0.2, 0) is 0 Å². The SMILES string of the molecule is CC1=CC(C)CC(CNCC2(N(C)C)CCCC2)C1. The van der Waals surface area contributed by atoms with Crippen molar-refractivity contribution in [3.05, 3.63) is 11.6 Å². The molecule has 0 aromatic heterocycles. The number of allylic oxidation sites excluding steroid dienone is 2. The summed E-state index contributed by atoms with van der Waals surface area (Å²) in [6.45, 7) is 7.02. The Balaban J connectivity index is 1.78.